The van der Waals surface area contributed by atoms with Gasteiger partial charge in [0.1, 0.15) is 5.01 Å². The number of nitrogens with one attached hydrogen (secondary N) is 1. The van der Waals surface area contributed by atoms with Crippen molar-refractivity contribution in [3.05, 3.63) is 26.2 Å². The van der Waals surface area contributed by atoms with Gasteiger partial charge in [0.25, 0.3) is 6.54 Å². The van der Waals surface area contributed by atoms with Gasteiger partial charge in [-0.25, -0.2) is 4.98 Å². The number of nitro groups is 1. The minimum atomic E-state index is -0.420. The minimum absolute atomic E-state index is 0.243. The quantitative estimate of drug-likeness (QED) is 0.170. The summed E-state index contributed by atoms with van der Waals surface area (Å²) >= 11 is 3.37. The molecule has 1 aromatic rings. The third-order valence-electron chi connectivity index (χ3n) is 2.51. The van der Waals surface area contributed by atoms with E-state index in [1.54, 1.807) is 23.1 Å². The van der Waals surface area contributed by atoms with Gasteiger partial charge in [-0.2, -0.15) is 11.8 Å². The van der Waals surface area contributed by atoms with Gasteiger partial charge in [0.05, 0.1) is 18.8 Å². The number of hydrogen-bond donors (Lipinski definition) is 1. The zero-order chi connectivity index (χ0) is 17.1. The van der Waals surface area contributed by atoms with Crippen LogP contribution in [0, 0.1) is 22.5 Å². The Kier molecular flexibility index (Phi) is 9.28. The van der Waals surface area contributed by atoms with Crippen molar-refractivity contribution in [2.45, 2.75) is 12.3 Å². The molecule has 0 aromatic carbocycles. The highest BCUT2D eigenvalue weighted by Crippen LogP contribution is 2.16. The van der Waals surface area contributed by atoms with E-state index in [4.69, 9.17) is 6.42 Å². The first-order chi connectivity index (χ1) is 11.0. The van der Waals surface area contributed by atoms with E-state index >= 15 is 0 Å². The fourth-order valence-electron chi connectivity index (χ4n) is 1.62. The fourth-order valence-corrected chi connectivity index (χ4v) is 3.36. The van der Waals surface area contributed by atoms with Gasteiger partial charge in [0.2, 0.25) is 0 Å². The molecule has 7 nitrogen and oxygen atoms in total. The molecule has 0 unspecified atom stereocenters. The van der Waals surface area contributed by atoms with Crippen molar-refractivity contribution in [3.63, 3.8) is 0 Å². The second-order valence-corrected chi connectivity index (χ2v) is 6.95. The zero-order valence-electron chi connectivity index (χ0n) is 13.3. The summed E-state index contributed by atoms with van der Waals surface area (Å²) in [5.41, 5.74) is 1.07. The van der Waals surface area contributed by atoms with Crippen LogP contribution in [0.25, 0.3) is 0 Å². The molecule has 23 heavy (non-hydrogen) atoms. The molecule has 0 aliphatic heterocycles. The molecule has 1 N–H and O–H groups in total. The predicted octanol–water partition coefficient (Wildman–Crippen LogP) is 1.34. The van der Waals surface area contributed by atoms with Crippen LogP contribution in [-0.2, 0) is 12.3 Å². The summed E-state index contributed by atoms with van der Waals surface area (Å²) in [6, 6.07) is 0. The largest absolute Gasteiger partial charge is 0.357 e. The summed E-state index contributed by atoms with van der Waals surface area (Å²) in [5, 5.41) is 16.5. The summed E-state index contributed by atoms with van der Waals surface area (Å²) in [6.07, 6.45) is 5.13. The number of aromatic nitrogens is 1. The second-order valence-electron chi connectivity index (χ2n) is 4.90. The standard InChI is InChI=1S/C14H21N5O2S2/c1-4-5-15-13(8-19(20)21)16-6-7-22-10-12-11-23-14(17-12)9-18(2)3/h1,11H,5-10H2,2-3H3,(H,15,16). The lowest BCUT2D eigenvalue weighted by atomic mass is 10.5. The van der Waals surface area contributed by atoms with E-state index in [2.05, 4.69) is 31.5 Å². The average molecular weight is 355 g/mol. The molecule has 0 radical (unpaired) electrons. The molecule has 0 bridgehead atoms. The van der Waals surface area contributed by atoms with E-state index in [-0.39, 0.29) is 13.1 Å². The van der Waals surface area contributed by atoms with E-state index in [0.29, 0.717) is 12.4 Å². The zero-order valence-corrected chi connectivity index (χ0v) is 15.0. The Morgan fingerprint density at radius 1 is 1.65 bits per heavy atom. The summed E-state index contributed by atoms with van der Waals surface area (Å²) in [6.45, 7) is 1.28. The molecule has 1 aromatic heterocycles. The van der Waals surface area contributed by atoms with Crippen molar-refractivity contribution in [2.75, 3.05) is 39.5 Å². The molecule has 1 rings (SSSR count). The van der Waals surface area contributed by atoms with Gasteiger partial charge in [-0.3, -0.25) is 15.1 Å². The second kappa shape index (κ2) is 11.0. The molecule has 0 saturated carbocycles. The van der Waals surface area contributed by atoms with Crippen LogP contribution in [0.3, 0.4) is 0 Å². The highest BCUT2D eigenvalue weighted by molar-refractivity contribution is 7.98. The van der Waals surface area contributed by atoms with Crippen LogP contribution < -0.4 is 5.32 Å². The van der Waals surface area contributed by atoms with Gasteiger partial charge < -0.3 is 10.2 Å². The van der Waals surface area contributed by atoms with Crippen molar-refractivity contribution in [1.82, 2.24) is 15.2 Å². The lowest BCUT2D eigenvalue weighted by Crippen LogP contribution is -2.31. The van der Waals surface area contributed by atoms with Crippen LogP contribution in [0.5, 0.6) is 0 Å². The molecular weight excluding hydrogens is 334 g/mol. The molecule has 0 atom stereocenters. The monoisotopic (exact) mass is 355 g/mol. The molecule has 0 aliphatic rings. The summed E-state index contributed by atoms with van der Waals surface area (Å²) in [5.74, 6) is 4.31. The van der Waals surface area contributed by atoms with Crippen molar-refractivity contribution in [1.29, 1.82) is 0 Å². The topological polar surface area (TPSA) is 83.7 Å². The first kappa shape index (κ1) is 19.4. The van der Waals surface area contributed by atoms with Crippen LogP contribution in [-0.4, -0.2) is 60.1 Å². The molecule has 0 fully saturated rings. The number of amidine groups is 1. The highest BCUT2D eigenvalue weighted by atomic mass is 32.2. The predicted molar refractivity (Wildman–Crippen MR) is 96.7 cm³/mol. The van der Waals surface area contributed by atoms with Gasteiger partial charge in [-0.1, -0.05) is 5.92 Å². The third-order valence-corrected chi connectivity index (χ3v) is 4.37. The van der Waals surface area contributed by atoms with Gasteiger partial charge in [0, 0.05) is 28.4 Å². The highest BCUT2D eigenvalue weighted by Gasteiger charge is 2.06. The Hall–Kier alpha value is -1.63. The molecule has 126 valence electrons. The summed E-state index contributed by atoms with van der Waals surface area (Å²) < 4.78 is 0. The van der Waals surface area contributed by atoms with E-state index in [9.17, 15) is 10.1 Å². The van der Waals surface area contributed by atoms with E-state index in [1.165, 1.54) is 0 Å². The van der Waals surface area contributed by atoms with Gasteiger partial charge in [0.15, 0.2) is 5.84 Å². The van der Waals surface area contributed by atoms with Crippen LogP contribution in [0.15, 0.2) is 10.4 Å². The molecule has 0 spiro atoms. The van der Waals surface area contributed by atoms with Crippen LogP contribution in [0.2, 0.25) is 0 Å². The van der Waals surface area contributed by atoms with Gasteiger partial charge >= 0.3 is 0 Å². The van der Waals surface area contributed by atoms with E-state index in [1.807, 2.05) is 14.1 Å². The minimum Gasteiger partial charge on any atom is -0.357 e. The summed E-state index contributed by atoms with van der Waals surface area (Å²) in [7, 11) is 4.04. The first-order valence-electron chi connectivity index (χ1n) is 6.99. The normalized spacial score (nSPS) is 11.5. The number of nitrogens with zero attached hydrogens (tertiary/aromatic N) is 4. The van der Waals surface area contributed by atoms with Gasteiger partial charge in [-0.15, -0.1) is 17.8 Å². The van der Waals surface area contributed by atoms with Crippen molar-refractivity contribution < 1.29 is 4.92 Å². The Morgan fingerprint density at radius 2 is 2.43 bits per heavy atom. The lowest BCUT2D eigenvalue weighted by molar-refractivity contribution is -0.463. The maximum Gasteiger partial charge on any atom is 0.259 e. The first-order valence-corrected chi connectivity index (χ1v) is 9.03. The van der Waals surface area contributed by atoms with Crippen molar-refractivity contribution >= 4 is 28.9 Å². The Bertz CT molecular complexity index is 566. The number of aliphatic imine (C=N–C) groups is 1. The average Bonchev–Trinajstić information content (AvgIpc) is 2.90. The molecular formula is C14H21N5O2S2. The van der Waals surface area contributed by atoms with Crippen LogP contribution in [0.1, 0.15) is 10.7 Å². The maximum absolute atomic E-state index is 10.5. The Labute approximate surface area is 144 Å². The fraction of sp³-hybridized carbons (Fsp3) is 0.571. The van der Waals surface area contributed by atoms with Crippen LogP contribution >= 0.6 is 23.1 Å². The molecule has 1 heterocycles. The van der Waals surface area contributed by atoms with E-state index in [0.717, 1.165) is 28.8 Å². The van der Waals surface area contributed by atoms with Crippen molar-refractivity contribution in [3.8, 4) is 12.3 Å². The Morgan fingerprint density at radius 3 is 3.09 bits per heavy atom. The number of hydrogen-bond acceptors (Lipinski definition) is 7. The lowest BCUT2D eigenvalue weighted by Gasteiger charge is -2.05. The van der Waals surface area contributed by atoms with E-state index < -0.39 is 4.92 Å². The number of terminal acetylenes is 1. The molecule has 0 saturated heterocycles. The van der Waals surface area contributed by atoms with Gasteiger partial charge in [-0.05, 0) is 14.1 Å². The Balaban J connectivity index is 2.31. The number of thioether (sulfide) groups is 1. The molecule has 0 aliphatic carbocycles. The molecule has 9 heteroatoms. The number of rotatable bonds is 10. The summed E-state index contributed by atoms with van der Waals surface area (Å²) in [4.78, 5) is 21.0. The smallest absolute Gasteiger partial charge is 0.259 e. The SMILES string of the molecule is C#CCNC(C[N+](=O)[O-])=NCCSCc1csc(CN(C)C)n1. The number of thiazole rings is 1. The van der Waals surface area contributed by atoms with Crippen LogP contribution in [0.4, 0.5) is 0 Å². The third kappa shape index (κ3) is 9.18. The molecule has 0 amide bonds. The maximum atomic E-state index is 10.5. The van der Waals surface area contributed by atoms with Crippen molar-refractivity contribution in [2.24, 2.45) is 4.99 Å².